The van der Waals surface area contributed by atoms with E-state index >= 15 is 0 Å². The lowest BCUT2D eigenvalue weighted by molar-refractivity contribution is 0.0625. The van der Waals surface area contributed by atoms with E-state index < -0.39 is 16.5 Å². The van der Waals surface area contributed by atoms with Crippen molar-refractivity contribution in [1.29, 1.82) is 0 Å². The molecule has 0 bridgehead atoms. The van der Waals surface area contributed by atoms with E-state index in [1.54, 1.807) is 47.1 Å². The maximum absolute atomic E-state index is 12.9. The van der Waals surface area contributed by atoms with E-state index in [2.05, 4.69) is 0 Å². The maximum atomic E-state index is 12.9. The second-order valence-electron chi connectivity index (χ2n) is 7.15. The van der Waals surface area contributed by atoms with Crippen molar-refractivity contribution in [3.8, 4) is 0 Å². The third-order valence-electron chi connectivity index (χ3n) is 5.57. The molecule has 8 heteroatoms. The first-order valence-corrected chi connectivity index (χ1v) is 10.5. The van der Waals surface area contributed by atoms with Crippen molar-refractivity contribution in [1.82, 2.24) is 9.80 Å². The summed E-state index contributed by atoms with van der Waals surface area (Å²) in [5, 5.41) is -0.598. The average molecular weight is 411 g/mol. The molecule has 2 aromatic carbocycles. The van der Waals surface area contributed by atoms with E-state index in [1.807, 2.05) is 0 Å². The highest BCUT2D eigenvalue weighted by Gasteiger charge is 2.31. The zero-order valence-corrected chi connectivity index (χ0v) is 16.6. The van der Waals surface area contributed by atoms with Crippen LogP contribution in [0.5, 0.6) is 0 Å². The zero-order chi connectivity index (χ0) is 20.7. The van der Waals surface area contributed by atoms with Crippen molar-refractivity contribution >= 4 is 28.6 Å². The van der Waals surface area contributed by atoms with Crippen LogP contribution in [0.15, 0.2) is 42.5 Å². The Morgan fingerprint density at radius 3 is 2.07 bits per heavy atom. The second-order valence-corrected chi connectivity index (χ2v) is 8.36. The fraction of sp³-hybridized carbons (Fsp3) is 0.286. The second kappa shape index (κ2) is 7.62. The van der Waals surface area contributed by atoms with Crippen LogP contribution in [0.2, 0.25) is 0 Å². The van der Waals surface area contributed by atoms with Gasteiger partial charge in [0.1, 0.15) is 0 Å². The maximum Gasteiger partial charge on any atom is 0.253 e. The Bertz CT molecular complexity index is 1040. The van der Waals surface area contributed by atoms with Crippen LogP contribution in [-0.2, 0) is 11.1 Å². The Labute approximate surface area is 170 Å². The molecule has 1 fully saturated rings. The minimum Gasteiger partial charge on any atom is -0.771 e. The van der Waals surface area contributed by atoms with Gasteiger partial charge in [-0.2, -0.15) is 0 Å². The number of fused-ring (bicyclic) bond motifs is 2. The minimum absolute atomic E-state index is 0.220. The molecule has 0 spiro atoms. The fourth-order valence-corrected chi connectivity index (χ4v) is 4.28. The van der Waals surface area contributed by atoms with Gasteiger partial charge >= 0.3 is 0 Å². The molecular formula is C21H19N2O5S-. The van der Waals surface area contributed by atoms with Crippen LogP contribution in [0.1, 0.15) is 49.1 Å². The molecule has 2 aliphatic rings. The zero-order valence-electron chi connectivity index (χ0n) is 15.8. The summed E-state index contributed by atoms with van der Waals surface area (Å²) in [6.07, 6.45) is 0. The molecule has 2 unspecified atom stereocenters. The van der Waals surface area contributed by atoms with Crippen LogP contribution >= 0.6 is 0 Å². The minimum atomic E-state index is -2.19. The molecule has 7 nitrogen and oxygen atoms in total. The van der Waals surface area contributed by atoms with Gasteiger partial charge < -0.3 is 9.45 Å². The Kier molecular flexibility index (Phi) is 5.16. The number of carbonyl (C=O) groups excluding carboxylic acids is 3. The number of hydrogen-bond donors (Lipinski definition) is 0. The molecule has 1 aliphatic heterocycles. The van der Waals surface area contributed by atoms with Gasteiger partial charge in [-0.1, -0.05) is 24.3 Å². The van der Waals surface area contributed by atoms with E-state index in [0.29, 0.717) is 48.4 Å². The largest absolute Gasteiger partial charge is 0.771 e. The first-order chi connectivity index (χ1) is 13.9. The summed E-state index contributed by atoms with van der Waals surface area (Å²) >= 11 is -2.19. The van der Waals surface area contributed by atoms with Gasteiger partial charge in [0, 0.05) is 54.0 Å². The van der Waals surface area contributed by atoms with Crippen LogP contribution in [-0.4, -0.2) is 67.6 Å². The highest BCUT2D eigenvalue weighted by atomic mass is 32.2. The van der Waals surface area contributed by atoms with Crippen LogP contribution in [0.3, 0.4) is 0 Å². The van der Waals surface area contributed by atoms with Crippen LogP contribution < -0.4 is 0 Å². The molecule has 1 heterocycles. The molecule has 150 valence electrons. The third-order valence-corrected chi connectivity index (χ3v) is 6.42. The molecule has 2 atom stereocenters. The van der Waals surface area contributed by atoms with Crippen LogP contribution in [0, 0.1) is 0 Å². The quantitative estimate of drug-likeness (QED) is 0.605. The summed E-state index contributed by atoms with van der Waals surface area (Å²) in [6, 6.07) is 11.3. The molecule has 1 saturated heterocycles. The lowest BCUT2D eigenvalue weighted by Crippen LogP contribution is -2.52. The highest BCUT2D eigenvalue weighted by Crippen LogP contribution is 2.28. The van der Waals surface area contributed by atoms with E-state index in [4.69, 9.17) is 0 Å². The van der Waals surface area contributed by atoms with Crippen molar-refractivity contribution < 1.29 is 23.1 Å². The SMILES string of the molecule is CC(N1CCN(C(=O)c2ccc3c(c2)C(=O)c2ccccc2C3=O)CC1)S(=O)[O-]. The van der Waals surface area contributed by atoms with E-state index in [9.17, 15) is 23.1 Å². The van der Waals surface area contributed by atoms with Gasteiger partial charge in [-0.15, -0.1) is 0 Å². The molecule has 1 amide bonds. The van der Waals surface area contributed by atoms with E-state index in [0.717, 1.165) is 0 Å². The average Bonchev–Trinajstić information content (AvgIpc) is 2.76. The van der Waals surface area contributed by atoms with Gasteiger partial charge in [-0.25, -0.2) is 0 Å². The summed E-state index contributed by atoms with van der Waals surface area (Å²) in [5.41, 5.74) is 1.63. The first-order valence-electron chi connectivity index (χ1n) is 9.32. The molecule has 4 rings (SSSR count). The number of carbonyl (C=O) groups is 3. The standard InChI is InChI=1S/C21H20N2O5S/c1-13(29(27)28)22-8-10-23(11-9-22)21(26)14-6-7-17-18(12-14)20(25)16-5-3-2-4-15(16)19(17)24/h2-7,12-13H,8-11H2,1H3,(H,27,28)/p-1. The van der Waals surface area contributed by atoms with Crippen molar-refractivity contribution in [2.75, 3.05) is 26.2 Å². The highest BCUT2D eigenvalue weighted by molar-refractivity contribution is 7.79. The van der Waals surface area contributed by atoms with Crippen molar-refractivity contribution in [2.45, 2.75) is 12.3 Å². The van der Waals surface area contributed by atoms with Gasteiger partial charge in [-0.3, -0.25) is 23.5 Å². The number of nitrogens with zero attached hydrogens (tertiary/aromatic N) is 2. The Balaban J connectivity index is 1.55. The lowest BCUT2D eigenvalue weighted by Gasteiger charge is -2.38. The van der Waals surface area contributed by atoms with Crippen LogP contribution in [0.25, 0.3) is 0 Å². The van der Waals surface area contributed by atoms with Gasteiger partial charge in [-0.05, 0) is 36.2 Å². The predicted octanol–water partition coefficient (Wildman–Crippen LogP) is 1.44. The smallest absolute Gasteiger partial charge is 0.253 e. The van der Waals surface area contributed by atoms with E-state index in [1.165, 1.54) is 12.1 Å². The third kappa shape index (κ3) is 3.43. The predicted molar refractivity (Wildman–Crippen MR) is 106 cm³/mol. The summed E-state index contributed by atoms with van der Waals surface area (Å²) in [6.45, 7) is 3.32. The number of piperazine rings is 1. The summed E-state index contributed by atoms with van der Waals surface area (Å²) in [5.74, 6) is -0.716. The molecule has 2 aromatic rings. The molecule has 29 heavy (non-hydrogen) atoms. The summed E-state index contributed by atoms with van der Waals surface area (Å²) in [4.78, 5) is 41.9. The number of hydrogen-bond acceptors (Lipinski definition) is 6. The Morgan fingerprint density at radius 2 is 1.48 bits per heavy atom. The topological polar surface area (TPSA) is 97.8 Å². The lowest BCUT2D eigenvalue weighted by atomic mass is 9.83. The summed E-state index contributed by atoms with van der Waals surface area (Å²) < 4.78 is 22.3. The molecule has 0 saturated carbocycles. The first kappa shape index (κ1) is 19.6. The molecule has 0 radical (unpaired) electrons. The number of ketones is 2. The summed E-state index contributed by atoms with van der Waals surface area (Å²) in [7, 11) is 0. The van der Waals surface area contributed by atoms with Crippen LogP contribution in [0.4, 0.5) is 0 Å². The van der Waals surface area contributed by atoms with Crippen molar-refractivity contribution in [3.05, 3.63) is 70.3 Å². The van der Waals surface area contributed by atoms with Gasteiger partial charge in [0.2, 0.25) is 0 Å². The number of rotatable bonds is 3. The molecule has 1 aliphatic carbocycles. The number of benzene rings is 2. The monoisotopic (exact) mass is 411 g/mol. The van der Waals surface area contributed by atoms with Crippen molar-refractivity contribution in [3.63, 3.8) is 0 Å². The van der Waals surface area contributed by atoms with Gasteiger partial charge in [0.15, 0.2) is 11.6 Å². The van der Waals surface area contributed by atoms with Gasteiger partial charge in [0.25, 0.3) is 5.91 Å². The van der Waals surface area contributed by atoms with Crippen molar-refractivity contribution in [2.24, 2.45) is 0 Å². The Hall–Kier alpha value is -2.68. The molecular weight excluding hydrogens is 392 g/mol. The molecule has 0 aromatic heterocycles. The Morgan fingerprint density at radius 1 is 0.931 bits per heavy atom. The molecule has 0 N–H and O–H groups in total. The normalized spacial score (nSPS) is 18.8. The van der Waals surface area contributed by atoms with Gasteiger partial charge in [0.05, 0.1) is 5.37 Å². The fourth-order valence-electron chi connectivity index (χ4n) is 3.83. The number of amides is 1. The van der Waals surface area contributed by atoms with E-state index in [-0.39, 0.29) is 23.0 Å².